The van der Waals surface area contributed by atoms with E-state index in [1.165, 1.54) is 0 Å². The van der Waals surface area contributed by atoms with Gasteiger partial charge in [0.25, 0.3) is 0 Å². The number of aromatic nitrogens is 2. The molecule has 1 fully saturated rings. The van der Waals surface area contributed by atoms with Crippen LogP contribution in [0.25, 0.3) is 0 Å². The van der Waals surface area contributed by atoms with Crippen molar-refractivity contribution in [3.05, 3.63) is 16.5 Å². The predicted octanol–water partition coefficient (Wildman–Crippen LogP) is 2.60. The molecule has 19 heavy (non-hydrogen) atoms. The van der Waals surface area contributed by atoms with Crippen molar-refractivity contribution in [3.63, 3.8) is 0 Å². The summed E-state index contributed by atoms with van der Waals surface area (Å²) >= 11 is 6.20. The molecule has 5 heteroatoms. The van der Waals surface area contributed by atoms with Gasteiger partial charge in [0.15, 0.2) is 0 Å². The lowest BCUT2D eigenvalue weighted by Gasteiger charge is -2.21. The summed E-state index contributed by atoms with van der Waals surface area (Å²) in [5, 5.41) is 10.2. The summed E-state index contributed by atoms with van der Waals surface area (Å²) in [6.45, 7) is 7.70. The van der Waals surface area contributed by atoms with Gasteiger partial charge < -0.3 is 10.0 Å². The van der Waals surface area contributed by atoms with E-state index in [-0.39, 0.29) is 6.10 Å². The Bertz CT molecular complexity index is 451. The fourth-order valence-corrected chi connectivity index (χ4v) is 2.72. The maximum Gasteiger partial charge on any atom is 0.137 e. The van der Waals surface area contributed by atoms with Crippen LogP contribution in [0.2, 0.25) is 5.15 Å². The van der Waals surface area contributed by atoms with E-state index in [4.69, 9.17) is 11.6 Å². The molecule has 106 valence electrons. The van der Waals surface area contributed by atoms with Crippen LogP contribution in [-0.2, 0) is 6.42 Å². The summed E-state index contributed by atoms with van der Waals surface area (Å²) < 4.78 is 0. The van der Waals surface area contributed by atoms with E-state index < -0.39 is 0 Å². The van der Waals surface area contributed by atoms with Crippen LogP contribution in [0, 0.1) is 12.8 Å². The first-order chi connectivity index (χ1) is 9.02. The third-order valence-corrected chi connectivity index (χ3v) is 4.16. The molecule has 1 aliphatic rings. The van der Waals surface area contributed by atoms with E-state index >= 15 is 0 Å². The SMILES string of the molecule is CCCc1nc(Cl)c(C)c(N2CCC(C(C)O)C2)n1. The fraction of sp³-hybridized carbons (Fsp3) is 0.714. The van der Waals surface area contributed by atoms with Crippen LogP contribution in [-0.4, -0.2) is 34.3 Å². The highest BCUT2D eigenvalue weighted by atomic mass is 35.5. The Labute approximate surface area is 119 Å². The molecule has 2 rings (SSSR count). The number of aliphatic hydroxyl groups excluding tert-OH is 1. The van der Waals surface area contributed by atoms with Gasteiger partial charge in [0.1, 0.15) is 16.8 Å². The molecule has 0 bridgehead atoms. The molecule has 1 aliphatic heterocycles. The smallest absolute Gasteiger partial charge is 0.137 e. The van der Waals surface area contributed by atoms with Crippen molar-refractivity contribution in [2.75, 3.05) is 18.0 Å². The Hall–Kier alpha value is -0.870. The van der Waals surface area contributed by atoms with E-state index in [1.807, 2.05) is 13.8 Å². The largest absolute Gasteiger partial charge is 0.393 e. The maximum atomic E-state index is 9.69. The summed E-state index contributed by atoms with van der Waals surface area (Å²) in [5.41, 5.74) is 0.938. The van der Waals surface area contributed by atoms with Crippen LogP contribution in [0.3, 0.4) is 0 Å². The maximum absolute atomic E-state index is 9.69. The topological polar surface area (TPSA) is 49.2 Å². The zero-order chi connectivity index (χ0) is 14.0. The quantitative estimate of drug-likeness (QED) is 0.863. The molecule has 2 heterocycles. The minimum absolute atomic E-state index is 0.266. The van der Waals surface area contributed by atoms with Crippen molar-refractivity contribution in [2.45, 2.75) is 46.1 Å². The van der Waals surface area contributed by atoms with Gasteiger partial charge in [-0.2, -0.15) is 0 Å². The number of aryl methyl sites for hydroxylation is 1. The van der Waals surface area contributed by atoms with Gasteiger partial charge in [0.05, 0.1) is 6.10 Å². The Morgan fingerprint density at radius 2 is 2.21 bits per heavy atom. The third-order valence-electron chi connectivity index (χ3n) is 3.79. The molecular weight excluding hydrogens is 262 g/mol. The monoisotopic (exact) mass is 283 g/mol. The first-order valence-electron chi connectivity index (χ1n) is 6.99. The van der Waals surface area contributed by atoms with Crippen molar-refractivity contribution >= 4 is 17.4 Å². The van der Waals surface area contributed by atoms with Crippen LogP contribution in [0.15, 0.2) is 0 Å². The molecule has 1 saturated heterocycles. The normalized spacial score (nSPS) is 20.9. The Balaban J connectivity index is 2.24. The van der Waals surface area contributed by atoms with Gasteiger partial charge in [-0.15, -0.1) is 0 Å². The van der Waals surface area contributed by atoms with Gasteiger partial charge in [-0.25, -0.2) is 9.97 Å². The molecule has 1 N–H and O–H groups in total. The molecule has 0 aliphatic carbocycles. The molecule has 0 saturated carbocycles. The molecule has 1 aromatic rings. The summed E-state index contributed by atoms with van der Waals surface area (Å²) in [4.78, 5) is 11.2. The number of nitrogens with zero attached hydrogens (tertiary/aromatic N) is 3. The fourth-order valence-electron chi connectivity index (χ4n) is 2.54. The van der Waals surface area contributed by atoms with E-state index in [0.29, 0.717) is 11.1 Å². The second-order valence-electron chi connectivity index (χ2n) is 5.36. The number of anilines is 1. The van der Waals surface area contributed by atoms with E-state index in [1.54, 1.807) is 0 Å². The first-order valence-corrected chi connectivity index (χ1v) is 7.36. The van der Waals surface area contributed by atoms with Crippen molar-refractivity contribution in [1.29, 1.82) is 0 Å². The van der Waals surface area contributed by atoms with E-state index in [0.717, 1.165) is 49.6 Å². The van der Waals surface area contributed by atoms with Crippen molar-refractivity contribution in [1.82, 2.24) is 9.97 Å². The zero-order valence-electron chi connectivity index (χ0n) is 11.9. The van der Waals surface area contributed by atoms with Gasteiger partial charge in [-0.05, 0) is 26.7 Å². The molecule has 1 aromatic heterocycles. The van der Waals surface area contributed by atoms with Crippen LogP contribution in [0.1, 0.15) is 38.1 Å². The van der Waals surface area contributed by atoms with E-state index in [9.17, 15) is 5.11 Å². The van der Waals surface area contributed by atoms with Crippen molar-refractivity contribution in [2.24, 2.45) is 5.92 Å². The number of hydrogen-bond donors (Lipinski definition) is 1. The number of hydrogen-bond acceptors (Lipinski definition) is 4. The van der Waals surface area contributed by atoms with Gasteiger partial charge in [0.2, 0.25) is 0 Å². The number of rotatable bonds is 4. The average Bonchev–Trinajstić information content (AvgIpc) is 2.83. The highest BCUT2D eigenvalue weighted by Crippen LogP contribution is 2.29. The predicted molar refractivity (Wildman–Crippen MR) is 77.8 cm³/mol. The minimum atomic E-state index is -0.266. The highest BCUT2D eigenvalue weighted by Gasteiger charge is 2.28. The van der Waals surface area contributed by atoms with Crippen LogP contribution in [0.5, 0.6) is 0 Å². The molecular formula is C14H22ClN3O. The van der Waals surface area contributed by atoms with Gasteiger partial charge >= 0.3 is 0 Å². The Kier molecular flexibility index (Phi) is 4.63. The van der Waals surface area contributed by atoms with Crippen molar-refractivity contribution < 1.29 is 5.11 Å². The van der Waals surface area contributed by atoms with Gasteiger partial charge in [-0.3, -0.25) is 0 Å². The molecule has 2 unspecified atom stereocenters. The molecule has 0 aromatic carbocycles. The zero-order valence-corrected chi connectivity index (χ0v) is 12.6. The molecule has 0 amide bonds. The molecule has 4 nitrogen and oxygen atoms in total. The summed E-state index contributed by atoms with van der Waals surface area (Å²) in [6.07, 6.45) is 2.59. The first kappa shape index (κ1) is 14.5. The van der Waals surface area contributed by atoms with Gasteiger partial charge in [0, 0.05) is 31.0 Å². The van der Waals surface area contributed by atoms with Crippen LogP contribution < -0.4 is 4.90 Å². The summed E-state index contributed by atoms with van der Waals surface area (Å²) in [5.74, 6) is 2.07. The number of halogens is 1. The summed E-state index contributed by atoms with van der Waals surface area (Å²) in [6, 6.07) is 0. The minimum Gasteiger partial charge on any atom is -0.393 e. The second kappa shape index (κ2) is 6.06. The van der Waals surface area contributed by atoms with E-state index in [2.05, 4.69) is 21.8 Å². The molecule has 0 radical (unpaired) electrons. The standard InChI is InChI=1S/C14H22ClN3O/c1-4-5-12-16-13(15)9(2)14(17-12)18-7-6-11(8-18)10(3)19/h10-11,19H,4-8H2,1-3H3. The highest BCUT2D eigenvalue weighted by molar-refractivity contribution is 6.30. The lowest BCUT2D eigenvalue weighted by Crippen LogP contribution is -2.26. The lowest BCUT2D eigenvalue weighted by atomic mass is 10.0. The lowest BCUT2D eigenvalue weighted by molar-refractivity contribution is 0.136. The van der Waals surface area contributed by atoms with Crippen LogP contribution in [0.4, 0.5) is 5.82 Å². The molecule has 0 spiro atoms. The summed E-state index contributed by atoms with van der Waals surface area (Å²) in [7, 11) is 0. The second-order valence-corrected chi connectivity index (χ2v) is 5.72. The Morgan fingerprint density at radius 1 is 1.47 bits per heavy atom. The number of aliphatic hydroxyl groups is 1. The average molecular weight is 284 g/mol. The Morgan fingerprint density at radius 3 is 2.79 bits per heavy atom. The van der Waals surface area contributed by atoms with Gasteiger partial charge in [-0.1, -0.05) is 18.5 Å². The molecule has 2 atom stereocenters. The third kappa shape index (κ3) is 3.18. The van der Waals surface area contributed by atoms with Crippen molar-refractivity contribution in [3.8, 4) is 0 Å². The van der Waals surface area contributed by atoms with Crippen LogP contribution >= 0.6 is 11.6 Å².